The van der Waals surface area contributed by atoms with Crippen molar-refractivity contribution in [2.24, 2.45) is 0 Å². The number of rotatable bonds is 5. The molecule has 1 fully saturated rings. The second-order valence-corrected chi connectivity index (χ2v) is 9.21. The Kier molecular flexibility index (Phi) is 9.60. The molecule has 0 radical (unpaired) electrons. The lowest BCUT2D eigenvalue weighted by atomic mass is 9.95. The van der Waals surface area contributed by atoms with Crippen molar-refractivity contribution in [3.05, 3.63) is 16.0 Å². The van der Waals surface area contributed by atoms with Crippen molar-refractivity contribution >= 4 is 40.2 Å². The van der Waals surface area contributed by atoms with Crippen LogP contribution in [0.4, 0.5) is 5.00 Å². The van der Waals surface area contributed by atoms with E-state index in [2.05, 4.69) is 22.2 Å². The number of amides is 1. The van der Waals surface area contributed by atoms with E-state index in [4.69, 9.17) is 24.5 Å². The average molecular weight is 470 g/mol. The summed E-state index contributed by atoms with van der Waals surface area (Å²) in [5, 5.41) is 18.5. The molecule has 2 heterocycles. The van der Waals surface area contributed by atoms with Gasteiger partial charge in [-0.1, -0.05) is 0 Å². The normalized spacial score (nSPS) is 16.5. The quantitative estimate of drug-likeness (QED) is 0.433. The highest BCUT2D eigenvalue weighted by Gasteiger charge is 2.28. The first-order chi connectivity index (χ1) is 15.1. The summed E-state index contributed by atoms with van der Waals surface area (Å²) in [5.74, 6) is -4.01. The van der Waals surface area contributed by atoms with Gasteiger partial charge >= 0.3 is 17.9 Å². The Hall–Kier alpha value is -2.50. The van der Waals surface area contributed by atoms with Gasteiger partial charge in [0.05, 0.1) is 18.2 Å². The molecule has 0 bridgehead atoms. The third-order valence-corrected chi connectivity index (χ3v) is 6.32. The standard InChI is InChI=1S/C19H29N3O3S.C2H2O4/c1-13(2)25-19(24)17-14-6-4-5-7-15(14)26-18(17)20-16(23)12-22-10-8-21(3)9-11-22;3-1(4)2(5)6/h13H,4-12H2,1-3H3,(H,20,23);(H,3,4)(H,5,6). The maximum atomic E-state index is 12.6. The Morgan fingerprint density at radius 2 is 1.62 bits per heavy atom. The van der Waals surface area contributed by atoms with Gasteiger partial charge < -0.3 is 25.2 Å². The molecule has 0 saturated carbocycles. The highest BCUT2D eigenvalue weighted by Crippen LogP contribution is 2.38. The van der Waals surface area contributed by atoms with Crippen molar-refractivity contribution < 1.29 is 34.1 Å². The summed E-state index contributed by atoms with van der Waals surface area (Å²) < 4.78 is 5.45. The van der Waals surface area contributed by atoms with E-state index >= 15 is 0 Å². The number of carbonyl (C=O) groups excluding carboxylic acids is 2. The van der Waals surface area contributed by atoms with Gasteiger partial charge in [0, 0.05) is 31.1 Å². The Labute approximate surface area is 191 Å². The zero-order valence-electron chi connectivity index (χ0n) is 18.7. The van der Waals surface area contributed by atoms with E-state index in [1.54, 1.807) is 11.3 Å². The Morgan fingerprint density at radius 1 is 1.03 bits per heavy atom. The smallest absolute Gasteiger partial charge is 0.414 e. The van der Waals surface area contributed by atoms with E-state index in [1.165, 1.54) is 4.88 Å². The number of aliphatic carboxylic acids is 2. The van der Waals surface area contributed by atoms with Crippen LogP contribution in [0.15, 0.2) is 0 Å². The van der Waals surface area contributed by atoms with Crippen LogP contribution in [-0.4, -0.2) is 89.7 Å². The summed E-state index contributed by atoms with van der Waals surface area (Å²) in [6, 6.07) is 0. The first-order valence-electron chi connectivity index (χ1n) is 10.6. The third kappa shape index (κ3) is 7.57. The number of likely N-dealkylation sites (N-methyl/N-ethyl adjacent to an activating group) is 1. The minimum Gasteiger partial charge on any atom is -0.473 e. The molecule has 3 N–H and O–H groups in total. The van der Waals surface area contributed by atoms with Crippen LogP contribution < -0.4 is 5.32 Å². The van der Waals surface area contributed by atoms with Crippen LogP contribution in [0.25, 0.3) is 0 Å². The summed E-state index contributed by atoms with van der Waals surface area (Å²) in [5.41, 5.74) is 1.67. The number of anilines is 1. The fraction of sp³-hybridized carbons (Fsp3) is 0.619. The Bertz CT molecular complexity index is 833. The van der Waals surface area contributed by atoms with Gasteiger partial charge in [0.1, 0.15) is 5.00 Å². The van der Waals surface area contributed by atoms with E-state index in [-0.39, 0.29) is 18.0 Å². The number of nitrogens with zero attached hydrogens (tertiary/aromatic N) is 2. The zero-order chi connectivity index (χ0) is 23.8. The van der Waals surface area contributed by atoms with Crippen molar-refractivity contribution in [2.45, 2.75) is 45.6 Å². The van der Waals surface area contributed by atoms with Crippen LogP contribution >= 0.6 is 11.3 Å². The zero-order valence-corrected chi connectivity index (χ0v) is 19.5. The van der Waals surface area contributed by atoms with E-state index < -0.39 is 11.9 Å². The minimum absolute atomic E-state index is 0.0493. The molecule has 1 aromatic rings. The number of piperazine rings is 1. The number of fused-ring (bicyclic) bond motifs is 1. The van der Waals surface area contributed by atoms with Crippen LogP contribution in [0.2, 0.25) is 0 Å². The monoisotopic (exact) mass is 469 g/mol. The Morgan fingerprint density at radius 3 is 2.19 bits per heavy atom. The molecule has 1 aliphatic carbocycles. The van der Waals surface area contributed by atoms with Gasteiger partial charge in [-0.3, -0.25) is 9.69 Å². The fourth-order valence-electron chi connectivity index (χ4n) is 3.52. The number of carboxylic acids is 2. The second kappa shape index (κ2) is 11.9. The van der Waals surface area contributed by atoms with Gasteiger partial charge in [0.2, 0.25) is 5.91 Å². The molecule has 1 aliphatic heterocycles. The number of carbonyl (C=O) groups is 4. The molecule has 11 heteroatoms. The van der Waals surface area contributed by atoms with Gasteiger partial charge in [-0.2, -0.15) is 0 Å². The van der Waals surface area contributed by atoms with Gasteiger partial charge in [-0.25, -0.2) is 14.4 Å². The lowest BCUT2D eigenvalue weighted by molar-refractivity contribution is -0.159. The number of nitrogens with one attached hydrogen (secondary N) is 1. The molecule has 10 nitrogen and oxygen atoms in total. The molecule has 0 atom stereocenters. The maximum Gasteiger partial charge on any atom is 0.414 e. The van der Waals surface area contributed by atoms with Crippen LogP contribution in [0.5, 0.6) is 0 Å². The molecule has 1 amide bonds. The number of hydrogen-bond donors (Lipinski definition) is 3. The van der Waals surface area contributed by atoms with Crippen LogP contribution in [0, 0.1) is 0 Å². The summed E-state index contributed by atoms with van der Waals surface area (Å²) in [4.78, 5) is 49.0. The van der Waals surface area contributed by atoms with E-state index in [0.717, 1.165) is 57.4 Å². The summed E-state index contributed by atoms with van der Waals surface area (Å²) in [6.07, 6.45) is 3.93. The minimum atomic E-state index is -1.82. The van der Waals surface area contributed by atoms with Crippen molar-refractivity contribution in [1.82, 2.24) is 9.80 Å². The first-order valence-corrected chi connectivity index (χ1v) is 11.4. The predicted molar refractivity (Wildman–Crippen MR) is 119 cm³/mol. The molecule has 178 valence electrons. The van der Waals surface area contributed by atoms with Gasteiger partial charge in [-0.15, -0.1) is 11.3 Å². The molecule has 1 saturated heterocycles. The first kappa shape index (κ1) is 25.8. The van der Waals surface area contributed by atoms with E-state index in [9.17, 15) is 9.59 Å². The SMILES string of the molecule is CC(C)OC(=O)c1c(NC(=O)CN2CCN(C)CC2)sc2c1CCCC2.O=C(O)C(=O)O. The summed E-state index contributed by atoms with van der Waals surface area (Å²) in [7, 11) is 2.10. The number of esters is 1. The molecule has 2 aliphatic rings. The number of aryl methyl sites for hydroxylation is 1. The van der Waals surface area contributed by atoms with Gasteiger partial charge in [-0.05, 0) is 52.1 Å². The molecular formula is C21H31N3O7S. The molecule has 0 aromatic carbocycles. The highest BCUT2D eigenvalue weighted by atomic mass is 32.1. The molecule has 32 heavy (non-hydrogen) atoms. The summed E-state index contributed by atoms with van der Waals surface area (Å²) in [6.45, 7) is 7.82. The highest BCUT2D eigenvalue weighted by molar-refractivity contribution is 7.17. The van der Waals surface area contributed by atoms with Gasteiger partial charge in [0.25, 0.3) is 0 Å². The van der Waals surface area contributed by atoms with Crippen molar-refractivity contribution in [2.75, 3.05) is 45.1 Å². The molecule has 0 spiro atoms. The number of carboxylic acid groups (broad SMARTS) is 2. The third-order valence-electron chi connectivity index (χ3n) is 5.12. The average Bonchev–Trinajstić information content (AvgIpc) is 3.07. The predicted octanol–water partition coefficient (Wildman–Crippen LogP) is 1.53. The Balaban J connectivity index is 0.000000534. The molecule has 0 unspecified atom stereocenters. The molecular weight excluding hydrogens is 438 g/mol. The van der Waals surface area contributed by atoms with Crippen LogP contribution in [-0.2, 0) is 32.0 Å². The molecule has 3 rings (SSSR count). The van der Waals surface area contributed by atoms with Crippen molar-refractivity contribution in [1.29, 1.82) is 0 Å². The fourth-order valence-corrected chi connectivity index (χ4v) is 4.81. The topological polar surface area (TPSA) is 136 Å². The van der Waals surface area contributed by atoms with Gasteiger partial charge in [0.15, 0.2) is 0 Å². The van der Waals surface area contributed by atoms with E-state index in [1.807, 2.05) is 13.8 Å². The lowest BCUT2D eigenvalue weighted by Gasteiger charge is -2.31. The van der Waals surface area contributed by atoms with Crippen LogP contribution in [0.3, 0.4) is 0 Å². The van der Waals surface area contributed by atoms with Crippen molar-refractivity contribution in [3.63, 3.8) is 0 Å². The van der Waals surface area contributed by atoms with Crippen molar-refractivity contribution in [3.8, 4) is 0 Å². The maximum absolute atomic E-state index is 12.6. The summed E-state index contributed by atoms with van der Waals surface area (Å²) >= 11 is 1.55. The molecule has 1 aromatic heterocycles. The second-order valence-electron chi connectivity index (χ2n) is 8.11. The lowest BCUT2D eigenvalue weighted by Crippen LogP contribution is -2.47. The number of thiophene rings is 1. The van der Waals surface area contributed by atoms with E-state index in [0.29, 0.717) is 17.1 Å². The largest absolute Gasteiger partial charge is 0.473 e. The number of hydrogen-bond acceptors (Lipinski definition) is 8. The van der Waals surface area contributed by atoms with Crippen LogP contribution in [0.1, 0.15) is 47.5 Å². The number of ether oxygens (including phenoxy) is 1.